The minimum absolute atomic E-state index is 0.0132. The molecule has 1 aromatic carbocycles. The molecule has 4 rings (SSSR count). The topological polar surface area (TPSA) is 104 Å². The number of imidazole rings is 1. The third kappa shape index (κ3) is 3.08. The largest absolute Gasteiger partial charge is 0.332 e. The number of rotatable bonds is 3. The number of aromatic nitrogens is 5. The molecule has 0 saturated heterocycles. The maximum atomic E-state index is 14.5. The monoisotopic (exact) mass is 408 g/mol. The molecule has 30 heavy (non-hydrogen) atoms. The van der Waals surface area contributed by atoms with E-state index >= 15 is 0 Å². The van der Waals surface area contributed by atoms with E-state index in [1.54, 1.807) is 30.0 Å². The second-order valence-electron chi connectivity index (χ2n) is 6.74. The first kappa shape index (κ1) is 19.2. The summed E-state index contributed by atoms with van der Waals surface area (Å²) >= 11 is 0. The SMILES string of the molecule is Cc1nccn1-c1ccc(NC(=O)c2ccc3c(=O)n(C)c(=O)n(C)c3n2)cc1F. The number of carbonyl (C=O) groups is 1. The van der Waals surface area contributed by atoms with Crippen molar-refractivity contribution in [3.63, 3.8) is 0 Å². The van der Waals surface area contributed by atoms with Crippen LogP contribution in [0.4, 0.5) is 10.1 Å². The Hall–Kier alpha value is -4.08. The predicted octanol–water partition coefficient (Wildman–Crippen LogP) is 1.52. The zero-order chi connectivity index (χ0) is 21.6. The summed E-state index contributed by atoms with van der Waals surface area (Å²) in [6.45, 7) is 1.75. The molecule has 0 radical (unpaired) electrons. The van der Waals surface area contributed by atoms with Crippen LogP contribution in [0, 0.1) is 12.7 Å². The summed E-state index contributed by atoms with van der Waals surface area (Å²) in [4.78, 5) is 45.2. The number of aryl methyl sites for hydroxylation is 2. The smallest absolute Gasteiger partial charge is 0.321 e. The number of hydrogen-bond acceptors (Lipinski definition) is 5. The van der Waals surface area contributed by atoms with Crippen LogP contribution in [0.1, 0.15) is 16.3 Å². The molecular weight excluding hydrogens is 391 g/mol. The van der Waals surface area contributed by atoms with Crippen LogP contribution in [-0.2, 0) is 14.1 Å². The summed E-state index contributed by atoms with van der Waals surface area (Å²) in [5, 5.41) is 2.78. The molecule has 10 heteroatoms. The molecule has 0 spiro atoms. The number of fused-ring (bicyclic) bond motifs is 1. The van der Waals surface area contributed by atoms with Gasteiger partial charge in [-0.1, -0.05) is 0 Å². The second-order valence-corrected chi connectivity index (χ2v) is 6.74. The average molecular weight is 408 g/mol. The molecule has 1 amide bonds. The summed E-state index contributed by atoms with van der Waals surface area (Å²) in [7, 11) is 2.83. The number of nitrogens with one attached hydrogen (secondary N) is 1. The lowest BCUT2D eigenvalue weighted by molar-refractivity contribution is 0.102. The molecule has 0 saturated carbocycles. The quantitative estimate of drug-likeness (QED) is 0.554. The normalized spacial score (nSPS) is 11.1. The van der Waals surface area contributed by atoms with Crippen LogP contribution in [0.15, 0.2) is 52.3 Å². The zero-order valence-corrected chi connectivity index (χ0v) is 16.4. The van der Waals surface area contributed by atoms with Crippen LogP contribution < -0.4 is 16.6 Å². The lowest BCUT2D eigenvalue weighted by atomic mass is 10.2. The van der Waals surface area contributed by atoms with Gasteiger partial charge in [0.25, 0.3) is 11.5 Å². The van der Waals surface area contributed by atoms with Crippen LogP contribution in [-0.4, -0.2) is 29.6 Å². The maximum Gasteiger partial charge on any atom is 0.332 e. The highest BCUT2D eigenvalue weighted by Crippen LogP contribution is 2.20. The molecule has 0 aliphatic carbocycles. The summed E-state index contributed by atoms with van der Waals surface area (Å²) < 4.78 is 18.3. The van der Waals surface area contributed by atoms with Crippen LogP contribution in [0.25, 0.3) is 16.7 Å². The van der Waals surface area contributed by atoms with Crippen molar-refractivity contribution in [1.82, 2.24) is 23.7 Å². The van der Waals surface area contributed by atoms with E-state index < -0.39 is 23.0 Å². The van der Waals surface area contributed by atoms with Crippen molar-refractivity contribution in [3.05, 3.63) is 80.9 Å². The van der Waals surface area contributed by atoms with Gasteiger partial charge in [-0.05, 0) is 37.3 Å². The molecule has 3 aromatic heterocycles. The molecule has 0 fully saturated rings. The van der Waals surface area contributed by atoms with Crippen molar-refractivity contribution in [1.29, 1.82) is 0 Å². The number of anilines is 1. The highest BCUT2D eigenvalue weighted by atomic mass is 19.1. The highest BCUT2D eigenvalue weighted by molar-refractivity contribution is 6.03. The fourth-order valence-electron chi connectivity index (χ4n) is 3.19. The van der Waals surface area contributed by atoms with Crippen LogP contribution in [0.3, 0.4) is 0 Å². The fraction of sp³-hybridized carbons (Fsp3) is 0.150. The van der Waals surface area contributed by atoms with Crippen molar-refractivity contribution in [2.45, 2.75) is 6.92 Å². The minimum atomic E-state index is -0.601. The van der Waals surface area contributed by atoms with E-state index in [4.69, 9.17) is 0 Å². The van der Waals surface area contributed by atoms with Crippen LogP contribution in [0.2, 0.25) is 0 Å². The van der Waals surface area contributed by atoms with Gasteiger partial charge in [0.2, 0.25) is 0 Å². The van der Waals surface area contributed by atoms with Gasteiger partial charge < -0.3 is 9.88 Å². The summed E-state index contributed by atoms with van der Waals surface area (Å²) in [5.41, 5.74) is -0.435. The molecule has 3 heterocycles. The van der Waals surface area contributed by atoms with Crippen LogP contribution in [0.5, 0.6) is 0 Å². The van der Waals surface area contributed by atoms with Crippen molar-refractivity contribution in [2.24, 2.45) is 14.1 Å². The Balaban J connectivity index is 1.67. The predicted molar refractivity (Wildman–Crippen MR) is 108 cm³/mol. The Labute approximate surface area is 169 Å². The van der Waals surface area contributed by atoms with Gasteiger partial charge in [0, 0.05) is 32.2 Å². The molecule has 0 bridgehead atoms. The molecule has 152 valence electrons. The van der Waals surface area contributed by atoms with E-state index in [0.717, 1.165) is 4.57 Å². The fourth-order valence-corrected chi connectivity index (χ4v) is 3.19. The van der Waals surface area contributed by atoms with Crippen molar-refractivity contribution >= 4 is 22.6 Å². The second kappa shape index (κ2) is 7.07. The molecule has 0 aliphatic rings. The number of carbonyl (C=O) groups excluding carboxylic acids is 1. The van der Waals surface area contributed by atoms with Crippen molar-refractivity contribution in [2.75, 3.05) is 5.32 Å². The Morgan fingerprint density at radius 1 is 1.10 bits per heavy atom. The molecule has 0 atom stereocenters. The standard InChI is InChI=1S/C20H17FN6O3/c1-11-22-8-9-27(11)16-7-4-12(10-14(16)21)23-18(28)15-6-5-13-17(24-15)25(2)20(30)26(3)19(13)29/h4-10H,1-3H3,(H,23,28). The van der Waals surface area contributed by atoms with E-state index in [9.17, 15) is 18.8 Å². The lowest BCUT2D eigenvalue weighted by Gasteiger charge is -2.11. The summed E-state index contributed by atoms with van der Waals surface area (Å²) in [6, 6.07) is 7.09. The van der Waals surface area contributed by atoms with E-state index in [2.05, 4.69) is 15.3 Å². The first-order valence-electron chi connectivity index (χ1n) is 8.96. The molecule has 9 nitrogen and oxygen atoms in total. The Bertz CT molecular complexity index is 1430. The van der Waals surface area contributed by atoms with E-state index in [0.29, 0.717) is 11.5 Å². The number of amides is 1. The van der Waals surface area contributed by atoms with Crippen LogP contribution >= 0.6 is 0 Å². The molecule has 4 aromatic rings. The Kier molecular flexibility index (Phi) is 4.53. The zero-order valence-electron chi connectivity index (χ0n) is 16.4. The number of pyridine rings is 1. The van der Waals surface area contributed by atoms with Gasteiger partial charge in [-0.25, -0.2) is 19.2 Å². The summed E-state index contributed by atoms with van der Waals surface area (Å²) in [6.07, 6.45) is 3.20. The van der Waals surface area contributed by atoms with Crippen molar-refractivity contribution < 1.29 is 9.18 Å². The van der Waals surface area contributed by atoms with Gasteiger partial charge in [-0.15, -0.1) is 0 Å². The van der Waals surface area contributed by atoms with Gasteiger partial charge >= 0.3 is 5.69 Å². The van der Waals surface area contributed by atoms with Gasteiger partial charge in [0.05, 0.1) is 11.1 Å². The number of benzene rings is 1. The van der Waals surface area contributed by atoms with E-state index in [1.165, 1.54) is 42.9 Å². The number of halogens is 1. The van der Waals surface area contributed by atoms with E-state index in [-0.39, 0.29) is 22.4 Å². The molecule has 0 unspecified atom stereocenters. The maximum absolute atomic E-state index is 14.5. The third-order valence-electron chi connectivity index (χ3n) is 4.83. The highest BCUT2D eigenvalue weighted by Gasteiger charge is 2.15. The average Bonchev–Trinajstić information content (AvgIpc) is 3.16. The minimum Gasteiger partial charge on any atom is -0.321 e. The third-order valence-corrected chi connectivity index (χ3v) is 4.83. The molecule has 1 N–H and O–H groups in total. The Morgan fingerprint density at radius 2 is 1.87 bits per heavy atom. The molecular formula is C20H17FN6O3. The van der Waals surface area contributed by atoms with Gasteiger partial charge in [0.15, 0.2) is 0 Å². The summed E-state index contributed by atoms with van der Waals surface area (Å²) in [5.74, 6) is -0.509. The van der Waals surface area contributed by atoms with E-state index in [1.807, 2.05) is 0 Å². The first-order valence-corrected chi connectivity index (χ1v) is 8.96. The number of hydrogen-bond donors (Lipinski definition) is 1. The molecule has 0 aliphatic heterocycles. The first-order chi connectivity index (χ1) is 14.3. The van der Waals surface area contributed by atoms with Gasteiger partial charge in [-0.3, -0.25) is 18.7 Å². The van der Waals surface area contributed by atoms with Crippen molar-refractivity contribution in [3.8, 4) is 5.69 Å². The Morgan fingerprint density at radius 3 is 2.53 bits per heavy atom. The number of nitrogens with zero attached hydrogens (tertiary/aromatic N) is 5. The van der Waals surface area contributed by atoms with Gasteiger partial charge in [-0.2, -0.15) is 0 Å². The lowest BCUT2D eigenvalue weighted by Crippen LogP contribution is -2.37. The van der Waals surface area contributed by atoms with Gasteiger partial charge in [0.1, 0.15) is 23.0 Å².